The monoisotopic (exact) mass is 394 g/mol. The van der Waals surface area contributed by atoms with Crippen molar-refractivity contribution in [2.45, 2.75) is 26.8 Å². The summed E-state index contributed by atoms with van der Waals surface area (Å²) in [6.45, 7) is 5.45. The van der Waals surface area contributed by atoms with E-state index in [1.165, 1.54) is 0 Å². The Kier molecular flexibility index (Phi) is 6.97. The molecule has 1 heterocycles. The molecule has 7 heteroatoms. The number of rotatable bonds is 9. The van der Waals surface area contributed by atoms with Crippen LogP contribution in [0.4, 0.5) is 5.69 Å². The molecule has 0 atom stereocenters. The van der Waals surface area contributed by atoms with Crippen LogP contribution in [-0.2, 0) is 11.3 Å². The molecule has 152 valence electrons. The summed E-state index contributed by atoms with van der Waals surface area (Å²) in [6, 6.07) is 15.3. The molecule has 7 nitrogen and oxygen atoms in total. The average molecular weight is 394 g/mol. The third-order valence-corrected chi connectivity index (χ3v) is 4.39. The number of para-hydroxylation sites is 2. The number of nitrogens with one attached hydrogen (secondary N) is 1. The third kappa shape index (κ3) is 5.65. The van der Waals surface area contributed by atoms with Crippen molar-refractivity contribution in [3.8, 4) is 17.1 Å². The maximum atomic E-state index is 12.5. The van der Waals surface area contributed by atoms with Crippen LogP contribution < -0.4 is 10.1 Å². The summed E-state index contributed by atoms with van der Waals surface area (Å²) in [5.74, 6) is 1.54. The van der Waals surface area contributed by atoms with Crippen LogP contribution in [0.1, 0.15) is 24.8 Å². The molecule has 29 heavy (non-hydrogen) atoms. The van der Waals surface area contributed by atoms with Crippen molar-refractivity contribution in [1.82, 2.24) is 15.0 Å². The lowest BCUT2D eigenvalue weighted by molar-refractivity contribution is -0.117. The van der Waals surface area contributed by atoms with Gasteiger partial charge in [-0.3, -0.25) is 9.69 Å². The van der Waals surface area contributed by atoms with Gasteiger partial charge in [-0.15, -0.1) is 0 Å². The summed E-state index contributed by atoms with van der Waals surface area (Å²) in [6.07, 6.45) is 0.904. The molecule has 0 fully saturated rings. The zero-order valence-electron chi connectivity index (χ0n) is 17.0. The summed E-state index contributed by atoms with van der Waals surface area (Å²) in [4.78, 5) is 19.0. The predicted molar refractivity (Wildman–Crippen MR) is 112 cm³/mol. The minimum absolute atomic E-state index is 0.124. The molecule has 1 amide bonds. The van der Waals surface area contributed by atoms with Gasteiger partial charge in [-0.05, 0) is 38.1 Å². The Morgan fingerprint density at radius 1 is 1.21 bits per heavy atom. The Balaban J connectivity index is 1.65. The largest absolute Gasteiger partial charge is 0.495 e. The Hall–Kier alpha value is -3.19. The van der Waals surface area contributed by atoms with Gasteiger partial charge in [-0.2, -0.15) is 4.98 Å². The fourth-order valence-electron chi connectivity index (χ4n) is 3.08. The van der Waals surface area contributed by atoms with E-state index in [-0.39, 0.29) is 12.5 Å². The zero-order chi connectivity index (χ0) is 20.6. The van der Waals surface area contributed by atoms with E-state index in [1.54, 1.807) is 7.11 Å². The molecule has 0 bridgehead atoms. The Labute approximate surface area is 170 Å². The van der Waals surface area contributed by atoms with Gasteiger partial charge in [0.15, 0.2) is 0 Å². The van der Waals surface area contributed by atoms with E-state index in [4.69, 9.17) is 9.26 Å². The predicted octanol–water partition coefficient (Wildman–Crippen LogP) is 3.90. The zero-order valence-corrected chi connectivity index (χ0v) is 17.0. The number of hydrogen-bond acceptors (Lipinski definition) is 6. The first-order valence-electron chi connectivity index (χ1n) is 9.64. The number of hydrogen-bond donors (Lipinski definition) is 1. The number of aryl methyl sites for hydroxylation is 1. The quantitative estimate of drug-likeness (QED) is 0.593. The lowest BCUT2D eigenvalue weighted by atomic mass is 10.1. The number of benzene rings is 2. The topological polar surface area (TPSA) is 80.5 Å². The second-order valence-corrected chi connectivity index (χ2v) is 6.84. The highest BCUT2D eigenvalue weighted by Gasteiger charge is 2.16. The molecule has 2 aromatic carbocycles. The molecule has 3 aromatic rings. The standard InChI is InChI=1S/C22H26N4O3/c1-4-12-26(14-20(27)23-18-10-5-6-11-19(18)28-3)15-21-24-22(25-29-21)17-9-7-8-16(2)13-17/h5-11,13H,4,12,14-15H2,1-3H3,(H,23,27). The lowest BCUT2D eigenvalue weighted by Crippen LogP contribution is -2.33. The summed E-state index contributed by atoms with van der Waals surface area (Å²) in [5, 5.41) is 6.98. The maximum Gasteiger partial charge on any atom is 0.241 e. The van der Waals surface area contributed by atoms with E-state index in [0.717, 1.165) is 24.1 Å². The Bertz CT molecular complexity index is 954. The highest BCUT2D eigenvalue weighted by atomic mass is 16.5. The maximum absolute atomic E-state index is 12.5. The summed E-state index contributed by atoms with van der Waals surface area (Å²) >= 11 is 0. The number of aromatic nitrogens is 2. The van der Waals surface area contributed by atoms with Crippen LogP contribution in [0.2, 0.25) is 0 Å². The Morgan fingerprint density at radius 3 is 2.79 bits per heavy atom. The molecule has 3 rings (SSSR count). The lowest BCUT2D eigenvalue weighted by Gasteiger charge is -2.19. The van der Waals surface area contributed by atoms with Crippen molar-refractivity contribution < 1.29 is 14.1 Å². The number of ether oxygens (including phenoxy) is 1. The molecular formula is C22H26N4O3. The van der Waals surface area contributed by atoms with Crippen LogP contribution in [-0.4, -0.2) is 41.1 Å². The van der Waals surface area contributed by atoms with Crippen LogP contribution in [0.3, 0.4) is 0 Å². The molecule has 1 aromatic heterocycles. The molecule has 0 saturated heterocycles. The molecule has 1 N–H and O–H groups in total. The van der Waals surface area contributed by atoms with Gasteiger partial charge in [0.05, 0.1) is 25.9 Å². The molecule has 0 spiro atoms. The van der Waals surface area contributed by atoms with Crippen LogP contribution in [0.25, 0.3) is 11.4 Å². The number of anilines is 1. The molecule has 0 unspecified atom stereocenters. The SMILES string of the molecule is CCCN(CC(=O)Nc1ccccc1OC)Cc1nc(-c2cccc(C)c2)no1. The minimum atomic E-state index is -0.124. The van der Waals surface area contributed by atoms with Crippen LogP contribution in [0.5, 0.6) is 5.75 Å². The van der Waals surface area contributed by atoms with Crippen LogP contribution in [0.15, 0.2) is 53.1 Å². The van der Waals surface area contributed by atoms with Gasteiger partial charge in [0, 0.05) is 5.56 Å². The van der Waals surface area contributed by atoms with Gasteiger partial charge in [-0.25, -0.2) is 0 Å². The normalized spacial score (nSPS) is 10.9. The van der Waals surface area contributed by atoms with Crippen molar-refractivity contribution in [1.29, 1.82) is 0 Å². The van der Waals surface area contributed by atoms with Crippen molar-refractivity contribution >= 4 is 11.6 Å². The summed E-state index contributed by atoms with van der Waals surface area (Å²) in [7, 11) is 1.58. The van der Waals surface area contributed by atoms with Crippen molar-refractivity contribution in [3.63, 3.8) is 0 Å². The first kappa shape index (κ1) is 20.5. The van der Waals surface area contributed by atoms with Gasteiger partial charge >= 0.3 is 0 Å². The first-order chi connectivity index (χ1) is 14.1. The van der Waals surface area contributed by atoms with Gasteiger partial charge in [0.25, 0.3) is 0 Å². The minimum Gasteiger partial charge on any atom is -0.495 e. The van der Waals surface area contributed by atoms with Gasteiger partial charge in [0.1, 0.15) is 5.75 Å². The van der Waals surface area contributed by atoms with Gasteiger partial charge in [-0.1, -0.05) is 48.0 Å². The number of methoxy groups -OCH3 is 1. The Morgan fingerprint density at radius 2 is 2.03 bits per heavy atom. The highest BCUT2D eigenvalue weighted by Crippen LogP contribution is 2.23. The molecule has 0 aliphatic heterocycles. The highest BCUT2D eigenvalue weighted by molar-refractivity contribution is 5.93. The van der Waals surface area contributed by atoms with Crippen molar-refractivity contribution in [3.05, 3.63) is 60.0 Å². The first-order valence-corrected chi connectivity index (χ1v) is 9.64. The van der Waals surface area contributed by atoms with E-state index >= 15 is 0 Å². The van der Waals surface area contributed by atoms with Gasteiger partial charge < -0.3 is 14.6 Å². The van der Waals surface area contributed by atoms with E-state index < -0.39 is 0 Å². The van der Waals surface area contributed by atoms with Gasteiger partial charge in [0.2, 0.25) is 17.6 Å². The van der Waals surface area contributed by atoms with E-state index in [9.17, 15) is 4.79 Å². The molecule has 0 aliphatic rings. The van der Waals surface area contributed by atoms with E-state index in [1.807, 2.05) is 60.4 Å². The number of carbonyl (C=O) groups is 1. The van der Waals surface area contributed by atoms with E-state index in [2.05, 4.69) is 22.4 Å². The number of amides is 1. The van der Waals surface area contributed by atoms with Crippen LogP contribution >= 0.6 is 0 Å². The third-order valence-electron chi connectivity index (χ3n) is 4.39. The number of carbonyl (C=O) groups excluding carboxylic acids is 1. The molecular weight excluding hydrogens is 368 g/mol. The average Bonchev–Trinajstić information content (AvgIpc) is 3.17. The number of nitrogens with zero attached hydrogens (tertiary/aromatic N) is 3. The second-order valence-electron chi connectivity index (χ2n) is 6.84. The summed E-state index contributed by atoms with van der Waals surface area (Å²) in [5.41, 5.74) is 2.70. The van der Waals surface area contributed by atoms with Crippen molar-refractivity contribution in [2.24, 2.45) is 0 Å². The van der Waals surface area contributed by atoms with Crippen molar-refractivity contribution in [2.75, 3.05) is 25.5 Å². The van der Waals surface area contributed by atoms with E-state index in [0.29, 0.717) is 29.7 Å². The molecule has 0 radical (unpaired) electrons. The smallest absolute Gasteiger partial charge is 0.241 e. The fraction of sp³-hybridized carbons (Fsp3) is 0.318. The molecule has 0 saturated carbocycles. The fourth-order valence-corrected chi connectivity index (χ4v) is 3.08. The molecule has 0 aliphatic carbocycles. The second kappa shape index (κ2) is 9.84. The summed E-state index contributed by atoms with van der Waals surface area (Å²) < 4.78 is 10.7. The van der Waals surface area contributed by atoms with Crippen LogP contribution in [0, 0.1) is 6.92 Å².